The van der Waals surface area contributed by atoms with Crippen LogP contribution in [0.1, 0.15) is 26.6 Å². The molecule has 0 aliphatic heterocycles. The average molecular weight is 218 g/mol. The van der Waals surface area contributed by atoms with Crippen LogP contribution in [0.2, 0.25) is 0 Å². The highest BCUT2D eigenvalue weighted by Gasteiger charge is 2.17. The first-order valence-corrected chi connectivity index (χ1v) is 4.30. The van der Waals surface area contributed by atoms with Crippen molar-refractivity contribution in [3.05, 3.63) is 10.6 Å². The molecule has 0 bridgehead atoms. The fraction of sp³-hybridized carbons (Fsp3) is 0.714. The highest BCUT2D eigenvalue weighted by Crippen LogP contribution is 2.16. The van der Waals surface area contributed by atoms with Crippen LogP contribution in [0.4, 0.5) is 0 Å². The van der Waals surface area contributed by atoms with Crippen LogP contribution in [0, 0.1) is 6.92 Å². The minimum atomic E-state index is 0.0170. The van der Waals surface area contributed by atoms with Gasteiger partial charge in [0.15, 0.2) is 0 Å². The second-order valence-corrected chi connectivity index (χ2v) is 4.22. The topological polar surface area (TPSA) is 30.7 Å². The van der Waals surface area contributed by atoms with Gasteiger partial charge in [0.25, 0.3) is 0 Å². The predicted octanol–water partition coefficient (Wildman–Crippen LogP) is 2.10. The summed E-state index contributed by atoms with van der Waals surface area (Å²) < 4.78 is 2.56. The lowest BCUT2D eigenvalue weighted by Gasteiger charge is -2.19. The lowest BCUT2D eigenvalue weighted by Crippen LogP contribution is -2.24. The Bertz CT molecular complexity index is 259. The summed E-state index contributed by atoms with van der Waals surface area (Å²) in [6, 6.07) is 0. The molecule has 0 unspecified atom stereocenters. The molecule has 0 fully saturated rings. The molecule has 0 aliphatic carbocycles. The monoisotopic (exact) mass is 217 g/mol. The van der Waals surface area contributed by atoms with Gasteiger partial charge in [-0.2, -0.15) is 0 Å². The number of hydrogen-bond donors (Lipinski definition) is 0. The minimum Gasteiger partial charge on any atom is -0.244 e. The van der Waals surface area contributed by atoms with Gasteiger partial charge in [-0.1, -0.05) is 0 Å². The Balaban J connectivity index is 3.13. The standard InChI is InChI=1S/C7H12BrN3/c1-5-9-6(8)10-11(5)7(2,3)4/h1-4H3. The zero-order valence-electron chi connectivity index (χ0n) is 7.22. The summed E-state index contributed by atoms with van der Waals surface area (Å²) in [4.78, 5) is 4.15. The molecule has 3 nitrogen and oxygen atoms in total. The molecule has 0 aliphatic rings. The van der Waals surface area contributed by atoms with Crippen molar-refractivity contribution in [1.29, 1.82) is 0 Å². The fourth-order valence-electron chi connectivity index (χ4n) is 0.994. The van der Waals surface area contributed by atoms with Gasteiger partial charge in [-0.3, -0.25) is 0 Å². The van der Waals surface area contributed by atoms with Crippen LogP contribution in [0.25, 0.3) is 0 Å². The number of halogens is 1. The van der Waals surface area contributed by atoms with E-state index in [0.29, 0.717) is 4.73 Å². The van der Waals surface area contributed by atoms with Gasteiger partial charge in [-0.05, 0) is 43.6 Å². The summed E-state index contributed by atoms with van der Waals surface area (Å²) in [6.45, 7) is 8.24. The SMILES string of the molecule is Cc1nc(Br)nn1C(C)(C)C. The fourth-order valence-corrected chi connectivity index (χ4v) is 1.41. The average Bonchev–Trinajstić information content (AvgIpc) is 2.08. The number of aromatic nitrogens is 3. The zero-order valence-corrected chi connectivity index (χ0v) is 8.81. The van der Waals surface area contributed by atoms with E-state index >= 15 is 0 Å². The molecule has 0 atom stereocenters. The molecular formula is C7H12BrN3. The van der Waals surface area contributed by atoms with Crippen molar-refractivity contribution in [2.45, 2.75) is 33.2 Å². The van der Waals surface area contributed by atoms with Gasteiger partial charge >= 0.3 is 0 Å². The summed E-state index contributed by atoms with van der Waals surface area (Å²) in [5, 5.41) is 4.20. The predicted molar refractivity (Wildman–Crippen MR) is 47.5 cm³/mol. The van der Waals surface area contributed by atoms with Crippen LogP contribution in [-0.2, 0) is 5.54 Å². The Hall–Kier alpha value is -0.380. The second-order valence-electron chi connectivity index (χ2n) is 3.51. The van der Waals surface area contributed by atoms with E-state index in [-0.39, 0.29) is 5.54 Å². The minimum absolute atomic E-state index is 0.0170. The molecule has 1 aromatic rings. The van der Waals surface area contributed by atoms with Gasteiger partial charge in [0.1, 0.15) is 5.82 Å². The summed E-state index contributed by atoms with van der Waals surface area (Å²) in [6.07, 6.45) is 0. The first-order valence-electron chi connectivity index (χ1n) is 3.51. The largest absolute Gasteiger partial charge is 0.244 e. The van der Waals surface area contributed by atoms with E-state index in [9.17, 15) is 0 Å². The van der Waals surface area contributed by atoms with E-state index < -0.39 is 0 Å². The Kier molecular flexibility index (Phi) is 2.05. The van der Waals surface area contributed by atoms with Gasteiger partial charge < -0.3 is 0 Å². The molecule has 1 rings (SSSR count). The van der Waals surface area contributed by atoms with E-state index in [2.05, 4.69) is 46.8 Å². The van der Waals surface area contributed by atoms with E-state index in [0.717, 1.165) is 5.82 Å². The molecule has 0 amide bonds. The maximum absolute atomic E-state index is 4.20. The molecule has 0 aromatic carbocycles. The highest BCUT2D eigenvalue weighted by atomic mass is 79.9. The number of hydrogen-bond acceptors (Lipinski definition) is 2. The first-order chi connectivity index (χ1) is 4.91. The third-order valence-corrected chi connectivity index (χ3v) is 1.71. The Morgan fingerprint density at radius 1 is 1.36 bits per heavy atom. The Morgan fingerprint density at radius 2 is 1.91 bits per heavy atom. The normalized spacial score (nSPS) is 12.1. The van der Waals surface area contributed by atoms with Crippen LogP contribution in [0.5, 0.6) is 0 Å². The smallest absolute Gasteiger partial charge is 0.217 e. The molecule has 0 radical (unpaired) electrons. The molecular weight excluding hydrogens is 206 g/mol. The Labute approximate surface area is 75.0 Å². The number of nitrogens with zero attached hydrogens (tertiary/aromatic N) is 3. The first kappa shape index (κ1) is 8.71. The van der Waals surface area contributed by atoms with E-state index in [4.69, 9.17) is 0 Å². The van der Waals surface area contributed by atoms with Gasteiger partial charge in [0.05, 0.1) is 5.54 Å². The molecule has 0 saturated carbocycles. The molecule has 4 heteroatoms. The van der Waals surface area contributed by atoms with Crippen LogP contribution in [0.3, 0.4) is 0 Å². The van der Waals surface area contributed by atoms with Crippen LogP contribution >= 0.6 is 15.9 Å². The summed E-state index contributed by atoms with van der Waals surface area (Å²) in [5.41, 5.74) is 0.0170. The van der Waals surface area contributed by atoms with Crippen molar-refractivity contribution in [1.82, 2.24) is 14.8 Å². The quantitative estimate of drug-likeness (QED) is 0.667. The maximum Gasteiger partial charge on any atom is 0.217 e. The number of aryl methyl sites for hydroxylation is 1. The van der Waals surface area contributed by atoms with Crippen molar-refractivity contribution < 1.29 is 0 Å². The lowest BCUT2D eigenvalue weighted by atomic mass is 10.1. The lowest BCUT2D eigenvalue weighted by molar-refractivity contribution is 0.345. The van der Waals surface area contributed by atoms with E-state index in [1.807, 2.05) is 11.6 Å². The summed E-state index contributed by atoms with van der Waals surface area (Å²) in [7, 11) is 0. The van der Waals surface area contributed by atoms with Crippen molar-refractivity contribution in [3.63, 3.8) is 0 Å². The van der Waals surface area contributed by atoms with E-state index in [1.165, 1.54) is 0 Å². The second kappa shape index (κ2) is 2.59. The summed E-state index contributed by atoms with van der Waals surface area (Å²) in [5.74, 6) is 0.935. The number of rotatable bonds is 0. The third-order valence-electron chi connectivity index (χ3n) is 1.38. The van der Waals surface area contributed by atoms with Gasteiger partial charge in [-0.25, -0.2) is 9.67 Å². The van der Waals surface area contributed by atoms with Crippen LogP contribution in [0.15, 0.2) is 4.73 Å². The molecule has 1 heterocycles. The van der Waals surface area contributed by atoms with Crippen LogP contribution in [-0.4, -0.2) is 14.8 Å². The van der Waals surface area contributed by atoms with Crippen molar-refractivity contribution in [3.8, 4) is 0 Å². The summed E-state index contributed by atoms with van der Waals surface area (Å²) >= 11 is 3.23. The van der Waals surface area contributed by atoms with Crippen LogP contribution < -0.4 is 0 Å². The van der Waals surface area contributed by atoms with Crippen molar-refractivity contribution in [2.24, 2.45) is 0 Å². The van der Waals surface area contributed by atoms with Crippen molar-refractivity contribution in [2.75, 3.05) is 0 Å². The van der Waals surface area contributed by atoms with Gasteiger partial charge in [-0.15, -0.1) is 5.10 Å². The van der Waals surface area contributed by atoms with Gasteiger partial charge in [0.2, 0.25) is 4.73 Å². The molecule has 0 spiro atoms. The van der Waals surface area contributed by atoms with Gasteiger partial charge in [0, 0.05) is 0 Å². The highest BCUT2D eigenvalue weighted by molar-refractivity contribution is 9.10. The van der Waals surface area contributed by atoms with Crippen molar-refractivity contribution >= 4 is 15.9 Å². The third kappa shape index (κ3) is 1.80. The zero-order chi connectivity index (χ0) is 8.65. The molecule has 11 heavy (non-hydrogen) atoms. The van der Waals surface area contributed by atoms with E-state index in [1.54, 1.807) is 0 Å². The molecule has 0 N–H and O–H groups in total. The molecule has 1 aromatic heterocycles. The molecule has 0 saturated heterocycles. The Morgan fingerprint density at radius 3 is 2.09 bits per heavy atom. The maximum atomic E-state index is 4.20. The molecule has 62 valence electrons.